The molecule has 0 bridgehead atoms. The second kappa shape index (κ2) is 38.5. The number of phosphoric acid groups is 1. The third-order valence-corrected chi connectivity index (χ3v) is 10.1. The highest BCUT2D eigenvalue weighted by atomic mass is 31.2. The van der Waals surface area contributed by atoms with Crippen molar-refractivity contribution in [1.29, 1.82) is 0 Å². The summed E-state index contributed by atoms with van der Waals surface area (Å²) in [5.41, 5.74) is 5.34. The van der Waals surface area contributed by atoms with Gasteiger partial charge in [-0.1, -0.05) is 167 Å². The van der Waals surface area contributed by atoms with E-state index in [2.05, 4.69) is 26.0 Å². The van der Waals surface area contributed by atoms with E-state index in [-0.39, 0.29) is 38.6 Å². The number of rotatable bonds is 40. The molecule has 0 radical (unpaired) electrons. The van der Waals surface area contributed by atoms with E-state index in [1.54, 1.807) is 0 Å². The molecule has 1 unspecified atom stereocenters. The summed E-state index contributed by atoms with van der Waals surface area (Å²) in [6, 6.07) is 0. The quantitative estimate of drug-likeness (QED) is 0.0272. The molecule has 0 rings (SSSR count). The van der Waals surface area contributed by atoms with Gasteiger partial charge in [0.05, 0.1) is 13.2 Å². The summed E-state index contributed by atoms with van der Waals surface area (Å²) < 4.78 is 32.7. The summed E-state index contributed by atoms with van der Waals surface area (Å²) >= 11 is 0. The van der Waals surface area contributed by atoms with E-state index < -0.39 is 26.5 Å². The van der Waals surface area contributed by atoms with Crippen LogP contribution in [0.25, 0.3) is 0 Å². The van der Waals surface area contributed by atoms with Gasteiger partial charge in [0, 0.05) is 19.4 Å². The summed E-state index contributed by atoms with van der Waals surface area (Å²) in [5, 5.41) is 0. The van der Waals surface area contributed by atoms with Crippen LogP contribution >= 0.6 is 7.82 Å². The highest BCUT2D eigenvalue weighted by molar-refractivity contribution is 7.47. The fourth-order valence-corrected chi connectivity index (χ4v) is 6.75. The maximum atomic E-state index is 12.6. The minimum Gasteiger partial charge on any atom is -0.462 e. The number of ether oxygens (including phenoxy) is 2. The van der Waals surface area contributed by atoms with Crippen molar-refractivity contribution in [3.05, 3.63) is 12.2 Å². The van der Waals surface area contributed by atoms with Crippen LogP contribution in [-0.4, -0.2) is 49.3 Å². The van der Waals surface area contributed by atoms with Crippen LogP contribution in [0.5, 0.6) is 0 Å². The van der Waals surface area contributed by atoms with Crippen LogP contribution in [-0.2, 0) is 32.7 Å². The Labute approximate surface area is 313 Å². The number of nitrogens with two attached hydrogens (primary N) is 1. The van der Waals surface area contributed by atoms with Gasteiger partial charge in [0.25, 0.3) is 0 Å². The van der Waals surface area contributed by atoms with Crippen LogP contribution in [0.15, 0.2) is 12.2 Å². The van der Waals surface area contributed by atoms with Crippen molar-refractivity contribution >= 4 is 19.8 Å². The molecule has 0 spiro atoms. The van der Waals surface area contributed by atoms with Gasteiger partial charge in [-0.05, 0) is 38.5 Å². The summed E-state index contributed by atoms with van der Waals surface area (Å²) in [6.07, 6.45) is 38.1. The SMILES string of the molecule is CCCCCCCCCC/C=C\CCCCCCCCCC(=O)O[C@H](COC(=O)CCCCCCCCCCCCC)COP(=O)(O)OCCN. The zero-order chi connectivity index (χ0) is 37.5. The zero-order valence-corrected chi connectivity index (χ0v) is 34.0. The standard InChI is InChI=1S/C41H80NO8P/c1-3-5-7-9-11-13-15-16-17-18-19-20-21-22-24-26-28-30-32-34-41(44)50-39(38-49-51(45,46)48-36-35-42)37-47-40(43)33-31-29-27-25-23-14-12-10-8-6-4-2/h18-19,39H,3-17,20-38,42H2,1-2H3,(H,45,46)/b19-18-/t39-/m1/s1. The molecule has 0 aliphatic rings. The molecule has 302 valence electrons. The molecule has 0 fully saturated rings. The highest BCUT2D eigenvalue weighted by Gasteiger charge is 2.26. The monoisotopic (exact) mass is 746 g/mol. The number of unbranched alkanes of at least 4 members (excludes halogenated alkanes) is 25. The van der Waals surface area contributed by atoms with Gasteiger partial charge in [0.1, 0.15) is 6.61 Å². The van der Waals surface area contributed by atoms with E-state index in [9.17, 15) is 19.0 Å². The van der Waals surface area contributed by atoms with Gasteiger partial charge in [-0.2, -0.15) is 0 Å². The molecule has 0 aliphatic carbocycles. The Kier molecular flexibility index (Phi) is 37.5. The molecular formula is C41H80NO8P. The highest BCUT2D eigenvalue weighted by Crippen LogP contribution is 2.43. The van der Waals surface area contributed by atoms with Crippen LogP contribution in [0.1, 0.15) is 206 Å². The first-order valence-corrected chi connectivity index (χ1v) is 22.7. The molecule has 2 atom stereocenters. The van der Waals surface area contributed by atoms with Crippen molar-refractivity contribution in [3.63, 3.8) is 0 Å². The van der Waals surface area contributed by atoms with E-state index >= 15 is 0 Å². The lowest BCUT2D eigenvalue weighted by Crippen LogP contribution is -2.29. The molecule has 9 nitrogen and oxygen atoms in total. The second-order valence-electron chi connectivity index (χ2n) is 14.2. The minimum absolute atomic E-state index is 0.0553. The molecule has 0 aromatic heterocycles. The topological polar surface area (TPSA) is 134 Å². The molecule has 0 aliphatic heterocycles. The molecule has 0 aromatic carbocycles. The van der Waals surface area contributed by atoms with Gasteiger partial charge >= 0.3 is 19.8 Å². The van der Waals surface area contributed by atoms with Gasteiger partial charge in [-0.25, -0.2) is 4.57 Å². The molecule has 10 heteroatoms. The van der Waals surface area contributed by atoms with Gasteiger partial charge in [0.15, 0.2) is 6.10 Å². The zero-order valence-electron chi connectivity index (χ0n) is 33.1. The lowest BCUT2D eigenvalue weighted by Gasteiger charge is -2.19. The summed E-state index contributed by atoms with van der Waals surface area (Å²) in [7, 11) is -4.37. The smallest absolute Gasteiger partial charge is 0.462 e. The van der Waals surface area contributed by atoms with Gasteiger partial charge in [-0.15, -0.1) is 0 Å². The predicted octanol–water partition coefficient (Wildman–Crippen LogP) is 11.8. The molecule has 0 saturated heterocycles. The first-order chi connectivity index (χ1) is 24.8. The summed E-state index contributed by atoms with van der Waals surface area (Å²) in [5.74, 6) is -0.826. The summed E-state index contributed by atoms with van der Waals surface area (Å²) in [6.45, 7) is 3.74. The van der Waals surface area contributed by atoms with E-state index in [1.807, 2.05) is 0 Å². The van der Waals surface area contributed by atoms with Crippen molar-refractivity contribution in [3.8, 4) is 0 Å². The Morgan fingerprint density at radius 2 is 0.961 bits per heavy atom. The Balaban J connectivity index is 4.11. The maximum Gasteiger partial charge on any atom is 0.472 e. The Bertz CT molecular complexity index is 856. The largest absolute Gasteiger partial charge is 0.472 e. The molecule has 51 heavy (non-hydrogen) atoms. The summed E-state index contributed by atoms with van der Waals surface area (Å²) in [4.78, 5) is 34.8. The van der Waals surface area contributed by atoms with Crippen molar-refractivity contribution in [1.82, 2.24) is 0 Å². The molecule has 3 N–H and O–H groups in total. The van der Waals surface area contributed by atoms with Gasteiger partial charge in [0.2, 0.25) is 0 Å². The van der Waals surface area contributed by atoms with Crippen molar-refractivity contribution < 1.29 is 37.6 Å². The number of esters is 2. The van der Waals surface area contributed by atoms with Crippen LogP contribution in [0.3, 0.4) is 0 Å². The van der Waals surface area contributed by atoms with E-state index in [0.29, 0.717) is 6.42 Å². The lowest BCUT2D eigenvalue weighted by molar-refractivity contribution is -0.161. The average Bonchev–Trinajstić information content (AvgIpc) is 3.11. The van der Waals surface area contributed by atoms with Crippen molar-refractivity contribution in [2.45, 2.75) is 213 Å². The molecule has 0 aromatic rings. The molecule has 0 heterocycles. The first kappa shape index (κ1) is 49.8. The third-order valence-electron chi connectivity index (χ3n) is 9.15. The predicted molar refractivity (Wildman–Crippen MR) is 211 cm³/mol. The normalized spacial score (nSPS) is 13.4. The van der Waals surface area contributed by atoms with E-state index in [4.69, 9.17) is 24.3 Å². The Hall–Kier alpha value is -1.25. The maximum absolute atomic E-state index is 12.6. The number of hydrogen-bond donors (Lipinski definition) is 2. The Morgan fingerprint density at radius 3 is 1.39 bits per heavy atom. The molecule has 0 saturated carbocycles. The van der Waals surface area contributed by atoms with Gasteiger partial charge < -0.3 is 20.1 Å². The van der Waals surface area contributed by atoms with Crippen molar-refractivity contribution in [2.75, 3.05) is 26.4 Å². The van der Waals surface area contributed by atoms with E-state index in [1.165, 1.54) is 128 Å². The van der Waals surface area contributed by atoms with Crippen LogP contribution in [0.4, 0.5) is 0 Å². The lowest BCUT2D eigenvalue weighted by atomic mass is 10.1. The number of carbonyl (C=O) groups is 2. The van der Waals surface area contributed by atoms with Crippen molar-refractivity contribution in [2.24, 2.45) is 5.73 Å². The molecule has 0 amide bonds. The minimum atomic E-state index is -4.37. The first-order valence-electron chi connectivity index (χ1n) is 21.2. The second-order valence-corrected chi connectivity index (χ2v) is 15.7. The van der Waals surface area contributed by atoms with Crippen LogP contribution in [0, 0.1) is 0 Å². The Morgan fingerprint density at radius 1 is 0.569 bits per heavy atom. The fraction of sp³-hybridized carbons (Fsp3) is 0.902. The van der Waals surface area contributed by atoms with Crippen LogP contribution in [0.2, 0.25) is 0 Å². The number of hydrogen-bond acceptors (Lipinski definition) is 8. The molecular weight excluding hydrogens is 665 g/mol. The number of phosphoric ester groups is 1. The number of allylic oxidation sites excluding steroid dienone is 2. The van der Waals surface area contributed by atoms with Gasteiger partial charge in [-0.3, -0.25) is 18.6 Å². The number of carbonyl (C=O) groups excluding carboxylic acids is 2. The fourth-order valence-electron chi connectivity index (χ4n) is 5.98. The average molecular weight is 746 g/mol. The van der Waals surface area contributed by atoms with E-state index in [0.717, 1.165) is 44.9 Å². The van der Waals surface area contributed by atoms with Crippen LogP contribution < -0.4 is 5.73 Å². The third kappa shape index (κ3) is 38.3.